The molecule has 3 heterocycles. The second-order valence-corrected chi connectivity index (χ2v) is 8.89. The van der Waals surface area contributed by atoms with Gasteiger partial charge in [0.1, 0.15) is 11.5 Å². The van der Waals surface area contributed by atoms with Crippen molar-refractivity contribution in [2.75, 3.05) is 25.0 Å². The molecule has 10 heteroatoms. The van der Waals surface area contributed by atoms with Gasteiger partial charge in [-0.15, -0.1) is 0 Å². The van der Waals surface area contributed by atoms with Crippen molar-refractivity contribution in [2.24, 2.45) is 5.41 Å². The summed E-state index contributed by atoms with van der Waals surface area (Å²) in [6.45, 7) is 3.17. The van der Waals surface area contributed by atoms with Crippen molar-refractivity contribution in [3.05, 3.63) is 59.5 Å². The molecule has 34 heavy (non-hydrogen) atoms. The summed E-state index contributed by atoms with van der Waals surface area (Å²) in [7, 11) is 1.64. The molecular weight excluding hydrogens is 467 g/mol. The average molecular weight is 490 g/mol. The molecular formula is C24H23ClF3N5O. The summed E-state index contributed by atoms with van der Waals surface area (Å²) in [6, 6.07) is 6.49. The van der Waals surface area contributed by atoms with E-state index in [9.17, 15) is 18.0 Å². The summed E-state index contributed by atoms with van der Waals surface area (Å²) in [6.07, 6.45) is 1.54. The van der Waals surface area contributed by atoms with Crippen LogP contribution in [0.4, 0.5) is 19.0 Å². The van der Waals surface area contributed by atoms with Gasteiger partial charge in [-0.25, -0.2) is 4.98 Å². The number of carbonyl (C=O) groups excluding carboxylic acids is 1. The molecule has 1 fully saturated rings. The summed E-state index contributed by atoms with van der Waals surface area (Å²) in [5.41, 5.74) is 0.739. The number of pyridine rings is 1. The molecule has 4 rings (SSSR count). The smallest absolute Gasteiger partial charge is 0.359 e. The van der Waals surface area contributed by atoms with E-state index < -0.39 is 17.2 Å². The first-order chi connectivity index (χ1) is 16.1. The molecule has 0 bridgehead atoms. The van der Waals surface area contributed by atoms with Crippen molar-refractivity contribution in [2.45, 2.75) is 25.9 Å². The van der Waals surface area contributed by atoms with Crippen molar-refractivity contribution in [1.29, 1.82) is 0 Å². The monoisotopic (exact) mass is 489 g/mol. The summed E-state index contributed by atoms with van der Waals surface area (Å²) in [5.74, 6) is 0.623. The molecule has 0 atom stereocenters. The third-order valence-corrected chi connectivity index (χ3v) is 6.54. The fourth-order valence-electron chi connectivity index (χ4n) is 4.07. The second-order valence-electron chi connectivity index (χ2n) is 8.48. The Kier molecular flexibility index (Phi) is 6.49. The van der Waals surface area contributed by atoms with Crippen molar-refractivity contribution in [3.8, 4) is 22.5 Å². The number of rotatable bonds is 4. The highest BCUT2D eigenvalue weighted by molar-refractivity contribution is 6.33. The van der Waals surface area contributed by atoms with E-state index in [4.69, 9.17) is 16.6 Å². The Morgan fingerprint density at radius 3 is 2.35 bits per heavy atom. The number of nitrogens with zero attached hydrogens (tertiary/aromatic N) is 4. The van der Waals surface area contributed by atoms with Crippen LogP contribution in [0.5, 0.6) is 0 Å². The largest absolute Gasteiger partial charge is 0.416 e. The minimum atomic E-state index is -4.43. The fraction of sp³-hybridized carbons (Fsp3) is 0.333. The number of amides is 1. The highest BCUT2D eigenvalue weighted by Gasteiger charge is 2.37. The maximum atomic E-state index is 13.0. The molecule has 0 saturated carbocycles. The Hall–Kier alpha value is -3.20. The lowest BCUT2D eigenvalue weighted by Gasteiger charge is -2.38. The molecule has 0 radical (unpaired) electrons. The number of nitrogens with one attached hydrogen (secondary N) is 1. The Labute approximate surface area is 200 Å². The zero-order chi connectivity index (χ0) is 24.5. The Balaban J connectivity index is 1.72. The van der Waals surface area contributed by atoms with Gasteiger partial charge in [-0.2, -0.15) is 13.2 Å². The zero-order valence-corrected chi connectivity index (χ0v) is 19.4. The highest BCUT2D eigenvalue weighted by Crippen LogP contribution is 2.38. The van der Waals surface area contributed by atoms with Crippen LogP contribution in [0.3, 0.4) is 0 Å². The molecule has 178 valence electrons. The van der Waals surface area contributed by atoms with Gasteiger partial charge in [-0.3, -0.25) is 14.8 Å². The Morgan fingerprint density at radius 1 is 1.09 bits per heavy atom. The first-order valence-electron chi connectivity index (χ1n) is 10.7. The summed E-state index contributed by atoms with van der Waals surface area (Å²) < 4.78 is 39.1. The van der Waals surface area contributed by atoms with Gasteiger partial charge >= 0.3 is 6.18 Å². The molecule has 0 unspecified atom stereocenters. The van der Waals surface area contributed by atoms with Crippen LogP contribution in [-0.2, 0) is 11.0 Å². The average Bonchev–Trinajstić information content (AvgIpc) is 2.83. The standard InChI is InChI=1S/C24H23ClF3N5O/c1-23(22(34)29-2)8-11-33(12-9-23)19-14-31-20(15-3-5-16(6-4-15)24(26,27)28)21(32-19)17-7-10-30-13-18(17)25/h3-7,10,13-14H,8-9,11-12H2,1-2H3,(H,29,34). The van der Waals surface area contributed by atoms with Crippen LogP contribution in [-0.4, -0.2) is 41.0 Å². The van der Waals surface area contributed by atoms with Crippen LogP contribution in [0.15, 0.2) is 48.9 Å². The van der Waals surface area contributed by atoms with Crippen LogP contribution in [0.1, 0.15) is 25.3 Å². The van der Waals surface area contributed by atoms with Gasteiger partial charge in [0.25, 0.3) is 0 Å². The van der Waals surface area contributed by atoms with E-state index in [-0.39, 0.29) is 5.91 Å². The van der Waals surface area contributed by atoms with Gasteiger partial charge in [0.05, 0.1) is 22.5 Å². The molecule has 1 N–H and O–H groups in total. The highest BCUT2D eigenvalue weighted by atomic mass is 35.5. The maximum Gasteiger partial charge on any atom is 0.416 e. The van der Waals surface area contributed by atoms with E-state index in [1.807, 2.05) is 11.8 Å². The molecule has 1 saturated heterocycles. The first kappa shape index (κ1) is 23.9. The van der Waals surface area contributed by atoms with E-state index in [1.54, 1.807) is 25.5 Å². The fourth-order valence-corrected chi connectivity index (χ4v) is 4.28. The molecule has 2 aromatic heterocycles. The van der Waals surface area contributed by atoms with Gasteiger partial charge in [0, 0.05) is 49.1 Å². The van der Waals surface area contributed by atoms with E-state index >= 15 is 0 Å². The normalized spacial score (nSPS) is 15.8. The van der Waals surface area contributed by atoms with E-state index in [1.165, 1.54) is 18.3 Å². The van der Waals surface area contributed by atoms with Gasteiger partial charge in [-0.1, -0.05) is 30.7 Å². The van der Waals surface area contributed by atoms with E-state index in [2.05, 4.69) is 15.3 Å². The van der Waals surface area contributed by atoms with E-state index in [0.29, 0.717) is 59.3 Å². The number of aromatic nitrogens is 3. The SMILES string of the molecule is CNC(=O)C1(C)CCN(c2cnc(-c3ccc(C(F)(F)F)cc3)c(-c3ccncc3Cl)n2)CC1. The van der Waals surface area contributed by atoms with Gasteiger partial charge in [0.2, 0.25) is 5.91 Å². The van der Waals surface area contributed by atoms with Crippen molar-refractivity contribution in [3.63, 3.8) is 0 Å². The number of carbonyl (C=O) groups is 1. The van der Waals surface area contributed by atoms with E-state index in [0.717, 1.165) is 12.1 Å². The minimum absolute atomic E-state index is 0.0140. The molecule has 3 aromatic rings. The van der Waals surface area contributed by atoms with Crippen LogP contribution >= 0.6 is 11.6 Å². The minimum Gasteiger partial charge on any atom is -0.359 e. The summed E-state index contributed by atoms with van der Waals surface area (Å²) in [4.78, 5) is 27.7. The maximum absolute atomic E-state index is 13.0. The molecule has 1 aliphatic heterocycles. The summed E-state index contributed by atoms with van der Waals surface area (Å²) in [5, 5.41) is 3.08. The topological polar surface area (TPSA) is 71.0 Å². The van der Waals surface area contributed by atoms with Crippen LogP contribution in [0.25, 0.3) is 22.5 Å². The predicted molar refractivity (Wildman–Crippen MR) is 124 cm³/mol. The zero-order valence-electron chi connectivity index (χ0n) is 18.7. The van der Waals surface area contributed by atoms with Crippen molar-refractivity contribution >= 4 is 23.3 Å². The number of alkyl halides is 3. The van der Waals surface area contributed by atoms with Gasteiger partial charge in [0.15, 0.2) is 0 Å². The number of halogens is 4. The third-order valence-electron chi connectivity index (χ3n) is 6.24. The Bertz CT molecular complexity index is 1190. The van der Waals surface area contributed by atoms with Crippen molar-refractivity contribution < 1.29 is 18.0 Å². The number of anilines is 1. The third kappa shape index (κ3) is 4.70. The predicted octanol–water partition coefficient (Wildman–Crippen LogP) is 5.23. The molecule has 1 aliphatic rings. The van der Waals surface area contributed by atoms with Gasteiger partial charge in [-0.05, 0) is 31.0 Å². The molecule has 0 spiro atoms. The van der Waals surface area contributed by atoms with Crippen LogP contribution in [0, 0.1) is 5.41 Å². The molecule has 1 amide bonds. The molecule has 6 nitrogen and oxygen atoms in total. The number of hydrogen-bond donors (Lipinski definition) is 1. The number of piperidine rings is 1. The van der Waals surface area contributed by atoms with Crippen LogP contribution < -0.4 is 10.2 Å². The number of hydrogen-bond acceptors (Lipinski definition) is 5. The molecule has 0 aliphatic carbocycles. The van der Waals surface area contributed by atoms with Gasteiger partial charge < -0.3 is 10.2 Å². The van der Waals surface area contributed by atoms with Crippen molar-refractivity contribution in [1.82, 2.24) is 20.3 Å². The lowest BCUT2D eigenvalue weighted by Crippen LogP contribution is -2.46. The lowest BCUT2D eigenvalue weighted by atomic mass is 9.79. The lowest BCUT2D eigenvalue weighted by molar-refractivity contribution is -0.137. The quantitative estimate of drug-likeness (QED) is 0.543. The summed E-state index contributed by atoms with van der Waals surface area (Å²) >= 11 is 6.39. The van der Waals surface area contributed by atoms with Crippen LogP contribution in [0.2, 0.25) is 5.02 Å². The second kappa shape index (κ2) is 9.21. The molecule has 1 aromatic carbocycles. The first-order valence-corrected chi connectivity index (χ1v) is 11.1. The Morgan fingerprint density at radius 2 is 1.76 bits per heavy atom. The number of benzene rings is 1.